The van der Waals surface area contributed by atoms with E-state index in [1.807, 2.05) is 50.2 Å². The third kappa shape index (κ3) is 5.92. The SMILES string of the molecule is Cc1cccc(NC(=O)COC(=O)COc2cc(C)ccc2C(C)C)c1. The summed E-state index contributed by atoms with van der Waals surface area (Å²) in [5.74, 6) is -0.0223. The van der Waals surface area contributed by atoms with Gasteiger partial charge in [0, 0.05) is 5.69 Å². The number of carbonyl (C=O) groups is 2. The van der Waals surface area contributed by atoms with E-state index in [1.54, 1.807) is 6.07 Å². The van der Waals surface area contributed by atoms with E-state index in [0.717, 1.165) is 16.7 Å². The van der Waals surface area contributed by atoms with Crippen molar-refractivity contribution >= 4 is 17.6 Å². The number of hydrogen-bond acceptors (Lipinski definition) is 4. The van der Waals surface area contributed by atoms with E-state index in [-0.39, 0.29) is 25.0 Å². The number of aryl methyl sites for hydroxylation is 2. The van der Waals surface area contributed by atoms with Gasteiger partial charge in [-0.15, -0.1) is 0 Å². The lowest BCUT2D eigenvalue weighted by molar-refractivity contribution is -0.149. The molecular formula is C21H25NO4. The highest BCUT2D eigenvalue weighted by Gasteiger charge is 2.12. The van der Waals surface area contributed by atoms with Crippen LogP contribution in [0.5, 0.6) is 5.75 Å². The molecule has 0 saturated carbocycles. The number of carbonyl (C=O) groups excluding carboxylic acids is 2. The van der Waals surface area contributed by atoms with Gasteiger partial charge in [0.15, 0.2) is 13.2 Å². The molecule has 0 atom stereocenters. The molecule has 0 aliphatic carbocycles. The normalized spacial score (nSPS) is 10.5. The maximum atomic E-state index is 11.9. The zero-order valence-corrected chi connectivity index (χ0v) is 15.7. The van der Waals surface area contributed by atoms with E-state index in [4.69, 9.17) is 9.47 Å². The summed E-state index contributed by atoms with van der Waals surface area (Å²) in [5, 5.41) is 2.69. The Morgan fingerprint density at radius 3 is 2.42 bits per heavy atom. The van der Waals surface area contributed by atoms with E-state index in [2.05, 4.69) is 19.2 Å². The molecule has 0 fully saturated rings. The summed E-state index contributed by atoms with van der Waals surface area (Å²) in [6.07, 6.45) is 0. The van der Waals surface area contributed by atoms with Crippen LogP contribution in [0.2, 0.25) is 0 Å². The molecule has 0 aliphatic heterocycles. The van der Waals surface area contributed by atoms with Crippen molar-refractivity contribution in [3.63, 3.8) is 0 Å². The van der Waals surface area contributed by atoms with Crippen molar-refractivity contribution in [2.75, 3.05) is 18.5 Å². The molecule has 5 nitrogen and oxygen atoms in total. The molecular weight excluding hydrogens is 330 g/mol. The Morgan fingerprint density at radius 2 is 1.73 bits per heavy atom. The molecule has 0 aromatic heterocycles. The van der Waals surface area contributed by atoms with Crippen LogP contribution in [0.25, 0.3) is 0 Å². The van der Waals surface area contributed by atoms with Crippen LogP contribution in [0, 0.1) is 13.8 Å². The zero-order valence-electron chi connectivity index (χ0n) is 15.7. The van der Waals surface area contributed by atoms with Gasteiger partial charge in [-0.25, -0.2) is 4.79 Å². The molecule has 138 valence electrons. The van der Waals surface area contributed by atoms with Crippen LogP contribution in [0.4, 0.5) is 5.69 Å². The van der Waals surface area contributed by atoms with Crippen LogP contribution >= 0.6 is 0 Å². The molecule has 0 aliphatic rings. The van der Waals surface area contributed by atoms with Gasteiger partial charge in [-0.2, -0.15) is 0 Å². The topological polar surface area (TPSA) is 64.6 Å². The molecule has 0 spiro atoms. The number of nitrogens with one attached hydrogen (secondary N) is 1. The second kappa shape index (κ2) is 9.04. The van der Waals surface area contributed by atoms with Gasteiger partial charge >= 0.3 is 5.97 Å². The molecule has 0 heterocycles. The fourth-order valence-electron chi connectivity index (χ4n) is 2.49. The number of amides is 1. The first-order valence-electron chi connectivity index (χ1n) is 8.60. The second-order valence-corrected chi connectivity index (χ2v) is 6.56. The lowest BCUT2D eigenvalue weighted by Crippen LogP contribution is -2.23. The molecule has 0 unspecified atom stereocenters. The van der Waals surface area contributed by atoms with Crippen LogP contribution in [-0.4, -0.2) is 25.1 Å². The van der Waals surface area contributed by atoms with Gasteiger partial charge in [-0.1, -0.05) is 38.1 Å². The number of rotatable bonds is 7. The first-order valence-corrected chi connectivity index (χ1v) is 8.60. The molecule has 2 aromatic rings. The molecule has 1 N–H and O–H groups in total. The monoisotopic (exact) mass is 355 g/mol. The Kier molecular flexibility index (Phi) is 6.78. The summed E-state index contributed by atoms with van der Waals surface area (Å²) in [6, 6.07) is 13.3. The third-order valence-corrected chi connectivity index (χ3v) is 3.80. The third-order valence-electron chi connectivity index (χ3n) is 3.80. The predicted octanol–water partition coefficient (Wildman–Crippen LogP) is 3.99. The van der Waals surface area contributed by atoms with Gasteiger partial charge in [-0.05, 0) is 54.7 Å². The Bertz CT molecular complexity index is 783. The summed E-state index contributed by atoms with van der Waals surface area (Å²) in [7, 11) is 0. The van der Waals surface area contributed by atoms with Crippen LogP contribution in [0.15, 0.2) is 42.5 Å². The molecule has 0 saturated heterocycles. The van der Waals surface area contributed by atoms with Gasteiger partial charge in [-0.3, -0.25) is 4.79 Å². The van der Waals surface area contributed by atoms with E-state index in [9.17, 15) is 9.59 Å². The molecule has 0 bridgehead atoms. The molecule has 5 heteroatoms. The van der Waals surface area contributed by atoms with Gasteiger partial charge in [0.25, 0.3) is 5.91 Å². The zero-order chi connectivity index (χ0) is 19.1. The van der Waals surface area contributed by atoms with Crippen LogP contribution in [-0.2, 0) is 14.3 Å². The molecule has 2 rings (SSSR count). The summed E-state index contributed by atoms with van der Waals surface area (Å²) >= 11 is 0. The maximum absolute atomic E-state index is 11.9. The number of anilines is 1. The molecule has 2 aromatic carbocycles. The lowest BCUT2D eigenvalue weighted by atomic mass is 10.0. The van der Waals surface area contributed by atoms with Gasteiger partial charge in [0.2, 0.25) is 0 Å². The van der Waals surface area contributed by atoms with Crippen molar-refractivity contribution < 1.29 is 19.1 Å². The number of esters is 1. The fraction of sp³-hybridized carbons (Fsp3) is 0.333. The molecule has 26 heavy (non-hydrogen) atoms. The Hall–Kier alpha value is -2.82. The average molecular weight is 355 g/mol. The number of hydrogen-bond donors (Lipinski definition) is 1. The Morgan fingerprint density at radius 1 is 1.00 bits per heavy atom. The summed E-state index contributed by atoms with van der Waals surface area (Å²) in [4.78, 5) is 23.7. The molecule has 1 amide bonds. The van der Waals surface area contributed by atoms with Gasteiger partial charge in [0.05, 0.1) is 0 Å². The van der Waals surface area contributed by atoms with Crippen molar-refractivity contribution in [1.29, 1.82) is 0 Å². The minimum atomic E-state index is -0.583. The first-order chi connectivity index (χ1) is 12.3. The quantitative estimate of drug-likeness (QED) is 0.763. The van der Waals surface area contributed by atoms with Crippen molar-refractivity contribution in [2.45, 2.75) is 33.6 Å². The summed E-state index contributed by atoms with van der Waals surface area (Å²) in [5.41, 5.74) is 3.78. The average Bonchev–Trinajstić information content (AvgIpc) is 2.58. The van der Waals surface area contributed by atoms with E-state index in [0.29, 0.717) is 11.4 Å². The van der Waals surface area contributed by atoms with E-state index in [1.165, 1.54) is 0 Å². The van der Waals surface area contributed by atoms with Crippen molar-refractivity contribution in [2.24, 2.45) is 0 Å². The van der Waals surface area contributed by atoms with Gasteiger partial charge in [0.1, 0.15) is 5.75 Å². The predicted molar refractivity (Wildman–Crippen MR) is 102 cm³/mol. The smallest absolute Gasteiger partial charge is 0.344 e. The van der Waals surface area contributed by atoms with Crippen LogP contribution in [0.1, 0.15) is 36.5 Å². The van der Waals surface area contributed by atoms with Crippen LogP contribution < -0.4 is 10.1 Å². The highest BCUT2D eigenvalue weighted by molar-refractivity contribution is 5.92. The number of ether oxygens (including phenoxy) is 2. The highest BCUT2D eigenvalue weighted by atomic mass is 16.6. The summed E-state index contributed by atoms with van der Waals surface area (Å²) in [6.45, 7) is 7.44. The fourth-order valence-corrected chi connectivity index (χ4v) is 2.49. The standard InChI is InChI=1S/C21H25NO4/c1-14(2)18-9-8-16(4)11-19(18)25-13-21(24)26-12-20(23)22-17-7-5-6-15(3)10-17/h5-11,14H,12-13H2,1-4H3,(H,22,23). The highest BCUT2D eigenvalue weighted by Crippen LogP contribution is 2.27. The second-order valence-electron chi connectivity index (χ2n) is 6.56. The Labute approximate surface area is 154 Å². The number of benzene rings is 2. The first kappa shape index (κ1) is 19.5. The van der Waals surface area contributed by atoms with Crippen molar-refractivity contribution in [3.05, 3.63) is 59.2 Å². The van der Waals surface area contributed by atoms with E-state index >= 15 is 0 Å². The van der Waals surface area contributed by atoms with Crippen molar-refractivity contribution in [3.8, 4) is 5.75 Å². The minimum Gasteiger partial charge on any atom is -0.482 e. The van der Waals surface area contributed by atoms with Crippen molar-refractivity contribution in [1.82, 2.24) is 0 Å². The Balaban J connectivity index is 1.82. The molecule has 0 radical (unpaired) electrons. The lowest BCUT2D eigenvalue weighted by Gasteiger charge is -2.14. The maximum Gasteiger partial charge on any atom is 0.344 e. The summed E-state index contributed by atoms with van der Waals surface area (Å²) < 4.78 is 10.6. The largest absolute Gasteiger partial charge is 0.482 e. The van der Waals surface area contributed by atoms with Crippen LogP contribution in [0.3, 0.4) is 0 Å². The minimum absolute atomic E-state index is 0.235. The van der Waals surface area contributed by atoms with Gasteiger partial charge < -0.3 is 14.8 Å². The van der Waals surface area contributed by atoms with E-state index < -0.39 is 5.97 Å².